The minimum atomic E-state index is 0.238. The van der Waals surface area contributed by atoms with Crippen LogP contribution in [0.4, 0.5) is 5.69 Å². The predicted molar refractivity (Wildman–Crippen MR) is 83.8 cm³/mol. The zero-order chi connectivity index (χ0) is 13.8. The Hall–Kier alpha value is -1.02. The first-order chi connectivity index (χ1) is 9.11. The third-order valence-corrected chi connectivity index (χ3v) is 4.31. The minimum Gasteiger partial charge on any atom is -0.369 e. The van der Waals surface area contributed by atoms with Crippen molar-refractivity contribution in [2.45, 2.75) is 65.0 Å². The monoisotopic (exact) mass is 260 g/mol. The quantitative estimate of drug-likeness (QED) is 0.875. The normalized spacial score (nSPS) is 17.7. The van der Waals surface area contributed by atoms with Gasteiger partial charge in [0.15, 0.2) is 0 Å². The van der Waals surface area contributed by atoms with E-state index >= 15 is 0 Å². The molecule has 1 aromatic carbocycles. The van der Waals surface area contributed by atoms with Gasteiger partial charge in [-0.3, -0.25) is 0 Å². The SMILES string of the molecule is CCN(c1ccc(CC(C)N)c(C)c1)C1CCCC1. The molecule has 106 valence electrons. The second kappa shape index (κ2) is 6.42. The van der Waals surface area contributed by atoms with Gasteiger partial charge in [-0.05, 0) is 63.3 Å². The maximum atomic E-state index is 5.91. The first-order valence-corrected chi connectivity index (χ1v) is 7.73. The molecular formula is C17H28N2. The molecule has 19 heavy (non-hydrogen) atoms. The van der Waals surface area contributed by atoms with Crippen LogP contribution in [0.25, 0.3) is 0 Å². The van der Waals surface area contributed by atoms with Crippen molar-refractivity contribution in [1.82, 2.24) is 0 Å². The van der Waals surface area contributed by atoms with E-state index < -0.39 is 0 Å². The molecule has 2 rings (SSSR count). The van der Waals surface area contributed by atoms with Gasteiger partial charge in [0.1, 0.15) is 0 Å². The van der Waals surface area contributed by atoms with Crippen LogP contribution in [0.1, 0.15) is 50.7 Å². The van der Waals surface area contributed by atoms with E-state index in [1.165, 1.54) is 42.5 Å². The molecule has 1 saturated carbocycles. The van der Waals surface area contributed by atoms with Crippen LogP contribution in [0.15, 0.2) is 18.2 Å². The van der Waals surface area contributed by atoms with Gasteiger partial charge in [-0.25, -0.2) is 0 Å². The molecule has 1 unspecified atom stereocenters. The van der Waals surface area contributed by atoms with Crippen LogP contribution in [-0.2, 0) is 6.42 Å². The van der Waals surface area contributed by atoms with Gasteiger partial charge in [0.25, 0.3) is 0 Å². The van der Waals surface area contributed by atoms with E-state index in [1.807, 2.05) is 0 Å². The fraction of sp³-hybridized carbons (Fsp3) is 0.647. The summed E-state index contributed by atoms with van der Waals surface area (Å²) < 4.78 is 0. The highest BCUT2D eigenvalue weighted by Gasteiger charge is 2.21. The van der Waals surface area contributed by atoms with Crippen LogP contribution in [0.2, 0.25) is 0 Å². The number of hydrogen-bond donors (Lipinski definition) is 1. The predicted octanol–water partition coefficient (Wildman–Crippen LogP) is 3.65. The molecule has 0 aromatic heterocycles. The van der Waals surface area contributed by atoms with Gasteiger partial charge in [-0.15, -0.1) is 0 Å². The van der Waals surface area contributed by atoms with E-state index in [0.717, 1.165) is 19.0 Å². The van der Waals surface area contributed by atoms with Crippen molar-refractivity contribution in [2.75, 3.05) is 11.4 Å². The Morgan fingerprint density at radius 2 is 2.00 bits per heavy atom. The Balaban J connectivity index is 2.17. The van der Waals surface area contributed by atoms with E-state index in [0.29, 0.717) is 0 Å². The third-order valence-electron chi connectivity index (χ3n) is 4.31. The number of rotatable bonds is 5. The lowest BCUT2D eigenvalue weighted by Gasteiger charge is -2.30. The van der Waals surface area contributed by atoms with Crippen molar-refractivity contribution >= 4 is 5.69 Å². The van der Waals surface area contributed by atoms with Gasteiger partial charge in [-0.1, -0.05) is 18.9 Å². The number of benzene rings is 1. The summed E-state index contributed by atoms with van der Waals surface area (Å²) in [5.74, 6) is 0. The van der Waals surface area contributed by atoms with E-state index in [1.54, 1.807) is 0 Å². The second-order valence-corrected chi connectivity index (χ2v) is 6.02. The van der Waals surface area contributed by atoms with Crippen LogP contribution >= 0.6 is 0 Å². The summed E-state index contributed by atoms with van der Waals surface area (Å²) in [5, 5.41) is 0. The lowest BCUT2D eigenvalue weighted by atomic mass is 10.0. The van der Waals surface area contributed by atoms with Crippen molar-refractivity contribution in [3.63, 3.8) is 0 Å². The third kappa shape index (κ3) is 3.50. The average molecular weight is 260 g/mol. The second-order valence-electron chi connectivity index (χ2n) is 6.02. The van der Waals surface area contributed by atoms with Crippen LogP contribution in [0.3, 0.4) is 0 Å². The summed E-state index contributed by atoms with van der Waals surface area (Å²) in [6, 6.07) is 7.89. The van der Waals surface area contributed by atoms with E-state index in [9.17, 15) is 0 Å². The smallest absolute Gasteiger partial charge is 0.0371 e. The summed E-state index contributed by atoms with van der Waals surface area (Å²) in [5.41, 5.74) is 10.1. The summed E-state index contributed by atoms with van der Waals surface area (Å²) in [6.45, 7) is 7.66. The average Bonchev–Trinajstić information content (AvgIpc) is 2.87. The minimum absolute atomic E-state index is 0.238. The van der Waals surface area contributed by atoms with Crippen LogP contribution in [0.5, 0.6) is 0 Å². The lowest BCUT2D eigenvalue weighted by molar-refractivity contribution is 0.619. The Morgan fingerprint density at radius 3 is 2.53 bits per heavy atom. The molecule has 1 aliphatic rings. The van der Waals surface area contributed by atoms with Gasteiger partial charge in [0.05, 0.1) is 0 Å². The lowest BCUT2D eigenvalue weighted by Crippen LogP contribution is -2.33. The molecule has 1 aromatic rings. The van der Waals surface area contributed by atoms with Gasteiger partial charge < -0.3 is 10.6 Å². The number of nitrogens with zero attached hydrogens (tertiary/aromatic N) is 1. The van der Waals surface area contributed by atoms with Gasteiger partial charge in [0.2, 0.25) is 0 Å². The number of anilines is 1. The van der Waals surface area contributed by atoms with Gasteiger partial charge in [-0.2, -0.15) is 0 Å². The zero-order valence-corrected chi connectivity index (χ0v) is 12.7. The van der Waals surface area contributed by atoms with Gasteiger partial charge in [0, 0.05) is 24.3 Å². The van der Waals surface area contributed by atoms with Gasteiger partial charge >= 0.3 is 0 Å². The molecule has 2 N–H and O–H groups in total. The van der Waals surface area contributed by atoms with Crippen LogP contribution < -0.4 is 10.6 Å². The fourth-order valence-corrected chi connectivity index (χ4v) is 3.30. The highest BCUT2D eigenvalue weighted by Crippen LogP contribution is 2.29. The molecule has 0 bridgehead atoms. The largest absolute Gasteiger partial charge is 0.369 e. The fourth-order valence-electron chi connectivity index (χ4n) is 3.30. The standard InChI is InChI=1S/C17H28N2/c1-4-19(16-7-5-6-8-16)17-10-9-15(12-14(3)18)13(2)11-17/h9-11,14,16H,4-8,12,18H2,1-3H3. The van der Waals surface area contributed by atoms with Crippen LogP contribution in [0, 0.1) is 6.92 Å². The molecule has 0 spiro atoms. The van der Waals surface area contributed by atoms with Crippen LogP contribution in [-0.4, -0.2) is 18.6 Å². The maximum absolute atomic E-state index is 5.91. The zero-order valence-electron chi connectivity index (χ0n) is 12.7. The number of aryl methyl sites for hydroxylation is 1. The molecule has 0 aliphatic heterocycles. The topological polar surface area (TPSA) is 29.3 Å². The van der Waals surface area contributed by atoms with E-state index in [2.05, 4.69) is 43.9 Å². The summed E-state index contributed by atoms with van der Waals surface area (Å²) in [7, 11) is 0. The molecule has 1 fully saturated rings. The van der Waals surface area contributed by atoms with Crippen molar-refractivity contribution in [2.24, 2.45) is 5.73 Å². The highest BCUT2D eigenvalue weighted by molar-refractivity contribution is 5.52. The Kier molecular flexibility index (Phi) is 4.87. The summed E-state index contributed by atoms with van der Waals surface area (Å²) in [4.78, 5) is 2.58. The Morgan fingerprint density at radius 1 is 1.32 bits per heavy atom. The summed E-state index contributed by atoms with van der Waals surface area (Å²) in [6.07, 6.45) is 6.47. The van der Waals surface area contributed by atoms with Crippen molar-refractivity contribution in [3.05, 3.63) is 29.3 Å². The van der Waals surface area contributed by atoms with Crippen molar-refractivity contribution in [3.8, 4) is 0 Å². The van der Waals surface area contributed by atoms with E-state index in [4.69, 9.17) is 5.73 Å². The number of hydrogen-bond acceptors (Lipinski definition) is 2. The molecule has 0 amide bonds. The molecule has 1 aliphatic carbocycles. The molecule has 0 heterocycles. The Labute approximate surface area is 118 Å². The Bertz CT molecular complexity index is 406. The molecule has 0 saturated heterocycles. The molecule has 2 nitrogen and oxygen atoms in total. The maximum Gasteiger partial charge on any atom is 0.0371 e. The molecular weight excluding hydrogens is 232 g/mol. The molecule has 2 heteroatoms. The summed E-state index contributed by atoms with van der Waals surface area (Å²) >= 11 is 0. The molecule has 0 radical (unpaired) electrons. The highest BCUT2D eigenvalue weighted by atomic mass is 15.2. The number of nitrogens with two attached hydrogens (primary N) is 1. The first-order valence-electron chi connectivity index (χ1n) is 7.73. The van der Waals surface area contributed by atoms with Crippen molar-refractivity contribution in [1.29, 1.82) is 0 Å². The molecule has 1 atom stereocenters. The van der Waals surface area contributed by atoms with Crippen molar-refractivity contribution < 1.29 is 0 Å². The first kappa shape index (κ1) is 14.4. The van der Waals surface area contributed by atoms with E-state index in [-0.39, 0.29) is 6.04 Å².